The van der Waals surface area contributed by atoms with Crippen molar-refractivity contribution in [3.8, 4) is 6.07 Å². The van der Waals surface area contributed by atoms with Crippen molar-refractivity contribution in [3.63, 3.8) is 0 Å². The number of alkyl halides is 1. The van der Waals surface area contributed by atoms with Gasteiger partial charge in [0.05, 0.1) is 6.07 Å². The van der Waals surface area contributed by atoms with Crippen molar-refractivity contribution in [3.05, 3.63) is 0 Å². The third kappa shape index (κ3) is 4.61. The van der Waals surface area contributed by atoms with Crippen LogP contribution in [0.25, 0.3) is 0 Å². The summed E-state index contributed by atoms with van der Waals surface area (Å²) in [6.07, 6.45) is 1.74. The molecular weight excluding hydrogens is 242 g/mol. The molecule has 0 aromatic heterocycles. The fourth-order valence-electron chi connectivity index (χ4n) is 1.86. The molecule has 1 N–H and O–H groups in total. The molecule has 0 aromatic rings. The lowest BCUT2D eigenvalue weighted by Crippen LogP contribution is -2.46. The number of hydrogen-bond acceptors (Lipinski definition) is 3. The van der Waals surface area contributed by atoms with Crippen LogP contribution in [-0.2, 0) is 9.59 Å². The van der Waals surface area contributed by atoms with Gasteiger partial charge in [-0.05, 0) is 12.8 Å². The Morgan fingerprint density at radius 1 is 1.41 bits per heavy atom. The van der Waals surface area contributed by atoms with E-state index in [1.807, 2.05) is 6.07 Å². The Morgan fingerprint density at radius 3 is 2.59 bits per heavy atom. The highest BCUT2D eigenvalue weighted by atomic mass is 35.5. The lowest BCUT2D eigenvalue weighted by molar-refractivity contribution is -0.131. The molecule has 1 aliphatic rings. The standard InChI is InChI=1S/C11H16ClN3O2/c12-5-1-11(17)15-7-3-9(4-8-15)14-10(16)2-6-13/h9H,1-5,7-8H2,(H,14,16). The molecule has 1 aliphatic heterocycles. The molecule has 0 unspecified atom stereocenters. The van der Waals surface area contributed by atoms with Crippen molar-refractivity contribution >= 4 is 23.4 Å². The maximum absolute atomic E-state index is 11.5. The molecule has 1 saturated heterocycles. The van der Waals surface area contributed by atoms with Gasteiger partial charge in [0, 0.05) is 31.4 Å². The number of piperidine rings is 1. The summed E-state index contributed by atoms with van der Waals surface area (Å²) in [5.41, 5.74) is 0. The van der Waals surface area contributed by atoms with Crippen LogP contribution in [0.1, 0.15) is 25.7 Å². The summed E-state index contributed by atoms with van der Waals surface area (Å²) in [6.45, 7) is 1.29. The highest BCUT2D eigenvalue weighted by molar-refractivity contribution is 6.18. The lowest BCUT2D eigenvalue weighted by Gasteiger charge is -2.32. The van der Waals surface area contributed by atoms with Gasteiger partial charge in [-0.1, -0.05) is 0 Å². The maximum Gasteiger partial charge on any atom is 0.234 e. The van der Waals surface area contributed by atoms with E-state index in [-0.39, 0.29) is 24.3 Å². The number of nitrogens with zero attached hydrogens (tertiary/aromatic N) is 2. The van der Waals surface area contributed by atoms with Gasteiger partial charge in [0.15, 0.2) is 0 Å². The summed E-state index contributed by atoms with van der Waals surface area (Å²) in [6, 6.07) is 1.89. The van der Waals surface area contributed by atoms with E-state index in [1.54, 1.807) is 4.90 Å². The van der Waals surface area contributed by atoms with Crippen LogP contribution in [0, 0.1) is 11.3 Å². The molecule has 1 fully saturated rings. The first-order valence-corrected chi connectivity index (χ1v) is 6.21. The largest absolute Gasteiger partial charge is 0.352 e. The fourth-order valence-corrected chi connectivity index (χ4v) is 2.02. The number of nitriles is 1. The maximum atomic E-state index is 11.5. The van der Waals surface area contributed by atoms with E-state index in [2.05, 4.69) is 5.32 Å². The summed E-state index contributed by atoms with van der Waals surface area (Å²) in [7, 11) is 0. The smallest absolute Gasteiger partial charge is 0.234 e. The average molecular weight is 258 g/mol. The summed E-state index contributed by atoms with van der Waals surface area (Å²) in [4.78, 5) is 24.5. The van der Waals surface area contributed by atoms with Crippen LogP contribution in [0.5, 0.6) is 0 Å². The van der Waals surface area contributed by atoms with Gasteiger partial charge < -0.3 is 10.2 Å². The molecule has 0 bridgehead atoms. The first kappa shape index (κ1) is 13.8. The van der Waals surface area contributed by atoms with E-state index >= 15 is 0 Å². The van der Waals surface area contributed by atoms with Gasteiger partial charge in [-0.3, -0.25) is 9.59 Å². The van der Waals surface area contributed by atoms with Crippen LogP contribution in [0.15, 0.2) is 0 Å². The molecule has 0 atom stereocenters. The topological polar surface area (TPSA) is 73.2 Å². The van der Waals surface area contributed by atoms with Crippen molar-refractivity contribution in [2.45, 2.75) is 31.7 Å². The van der Waals surface area contributed by atoms with Crippen molar-refractivity contribution < 1.29 is 9.59 Å². The highest BCUT2D eigenvalue weighted by Gasteiger charge is 2.23. The number of carbonyl (C=O) groups is 2. The van der Waals surface area contributed by atoms with Gasteiger partial charge in [-0.2, -0.15) is 5.26 Å². The molecule has 1 heterocycles. The van der Waals surface area contributed by atoms with Crippen LogP contribution in [0.3, 0.4) is 0 Å². The number of nitrogens with one attached hydrogen (secondary N) is 1. The van der Waals surface area contributed by atoms with E-state index in [0.717, 1.165) is 12.8 Å². The van der Waals surface area contributed by atoms with Crippen LogP contribution < -0.4 is 5.32 Å². The van der Waals surface area contributed by atoms with E-state index in [1.165, 1.54) is 0 Å². The number of hydrogen-bond donors (Lipinski definition) is 1. The summed E-state index contributed by atoms with van der Waals surface area (Å²) >= 11 is 5.51. The van der Waals surface area contributed by atoms with E-state index in [9.17, 15) is 9.59 Å². The molecule has 94 valence electrons. The van der Waals surface area contributed by atoms with E-state index in [4.69, 9.17) is 16.9 Å². The zero-order valence-electron chi connectivity index (χ0n) is 9.62. The Kier molecular flexibility index (Phi) is 5.78. The zero-order valence-corrected chi connectivity index (χ0v) is 10.4. The number of amides is 2. The molecule has 0 aliphatic carbocycles. The van der Waals surface area contributed by atoms with Gasteiger partial charge in [-0.25, -0.2) is 0 Å². The first-order chi connectivity index (χ1) is 8.17. The molecular formula is C11H16ClN3O2. The fraction of sp³-hybridized carbons (Fsp3) is 0.727. The minimum atomic E-state index is -0.238. The highest BCUT2D eigenvalue weighted by Crippen LogP contribution is 2.11. The number of rotatable bonds is 4. The Balaban J connectivity index is 2.28. The zero-order chi connectivity index (χ0) is 12.7. The second-order valence-corrected chi connectivity index (χ2v) is 4.37. The normalized spacial score (nSPS) is 16.4. The predicted molar refractivity (Wildman–Crippen MR) is 63.3 cm³/mol. The van der Waals surface area contributed by atoms with Crippen molar-refractivity contribution in [1.82, 2.24) is 10.2 Å². The molecule has 0 saturated carbocycles. The van der Waals surface area contributed by atoms with Crippen LogP contribution in [-0.4, -0.2) is 41.7 Å². The van der Waals surface area contributed by atoms with Gasteiger partial charge >= 0.3 is 0 Å². The molecule has 5 nitrogen and oxygen atoms in total. The molecule has 2 amide bonds. The summed E-state index contributed by atoms with van der Waals surface area (Å²) in [5.74, 6) is 0.178. The van der Waals surface area contributed by atoms with E-state index < -0.39 is 0 Å². The number of halogens is 1. The quantitative estimate of drug-likeness (QED) is 0.751. The Hall–Kier alpha value is -1.28. The number of likely N-dealkylation sites (tertiary alicyclic amines) is 1. The summed E-state index contributed by atoms with van der Waals surface area (Å²) in [5, 5.41) is 11.1. The lowest BCUT2D eigenvalue weighted by atomic mass is 10.0. The minimum absolute atomic E-state index is 0.0711. The summed E-state index contributed by atoms with van der Waals surface area (Å²) < 4.78 is 0. The third-order valence-electron chi connectivity index (χ3n) is 2.76. The van der Waals surface area contributed by atoms with Crippen molar-refractivity contribution in [2.24, 2.45) is 0 Å². The SMILES string of the molecule is N#CCC(=O)NC1CCN(C(=O)CCCl)CC1. The van der Waals surface area contributed by atoms with E-state index in [0.29, 0.717) is 25.4 Å². The minimum Gasteiger partial charge on any atom is -0.352 e. The van der Waals surface area contributed by atoms with Gasteiger partial charge in [0.2, 0.25) is 11.8 Å². The monoisotopic (exact) mass is 257 g/mol. The Labute approximate surface area is 106 Å². The molecule has 17 heavy (non-hydrogen) atoms. The molecule has 0 radical (unpaired) electrons. The molecule has 6 heteroatoms. The predicted octanol–water partition coefficient (Wildman–Crippen LogP) is 0.636. The average Bonchev–Trinajstić information content (AvgIpc) is 2.30. The molecule has 1 rings (SSSR count). The first-order valence-electron chi connectivity index (χ1n) is 5.67. The van der Waals surface area contributed by atoms with Crippen molar-refractivity contribution in [1.29, 1.82) is 5.26 Å². The second-order valence-electron chi connectivity index (χ2n) is 4.00. The molecule has 0 aromatic carbocycles. The third-order valence-corrected chi connectivity index (χ3v) is 2.95. The van der Waals surface area contributed by atoms with Crippen LogP contribution >= 0.6 is 11.6 Å². The van der Waals surface area contributed by atoms with Gasteiger partial charge in [-0.15, -0.1) is 11.6 Å². The van der Waals surface area contributed by atoms with Crippen molar-refractivity contribution in [2.75, 3.05) is 19.0 Å². The van der Waals surface area contributed by atoms with Crippen LogP contribution in [0.4, 0.5) is 0 Å². The molecule has 0 spiro atoms. The van der Waals surface area contributed by atoms with Gasteiger partial charge in [0.1, 0.15) is 6.42 Å². The van der Waals surface area contributed by atoms with Gasteiger partial charge in [0.25, 0.3) is 0 Å². The number of carbonyl (C=O) groups excluding carboxylic acids is 2. The van der Waals surface area contributed by atoms with Crippen LogP contribution in [0.2, 0.25) is 0 Å². The second kappa shape index (κ2) is 7.13. The Morgan fingerprint density at radius 2 is 2.06 bits per heavy atom. The Bertz CT molecular complexity index is 319.